The molecule has 18 heavy (non-hydrogen) atoms. The minimum atomic E-state index is -4.41. The van der Waals surface area contributed by atoms with Gasteiger partial charge in [-0.1, -0.05) is 12.1 Å². The monoisotopic (exact) mass is 255 g/mol. The second-order valence-electron chi connectivity index (χ2n) is 3.84. The molecule has 2 aromatic rings. The maximum Gasteiger partial charge on any atom is 0.435 e. The number of aromatic nitrogens is 2. The smallest absolute Gasteiger partial charge is 0.316 e. The maximum absolute atomic E-state index is 12.4. The molecular formula is C12H12F3N3. The van der Waals surface area contributed by atoms with Gasteiger partial charge in [-0.15, -0.1) is 0 Å². The molecule has 1 N–H and O–H groups in total. The fourth-order valence-corrected chi connectivity index (χ4v) is 1.59. The van der Waals surface area contributed by atoms with E-state index in [2.05, 4.69) is 10.4 Å². The highest BCUT2D eigenvalue weighted by molar-refractivity contribution is 5.34. The van der Waals surface area contributed by atoms with E-state index in [9.17, 15) is 13.2 Å². The molecular weight excluding hydrogens is 243 g/mol. The van der Waals surface area contributed by atoms with Crippen molar-refractivity contribution in [3.63, 3.8) is 0 Å². The molecule has 0 spiro atoms. The highest BCUT2D eigenvalue weighted by atomic mass is 19.4. The zero-order chi connectivity index (χ0) is 13.2. The number of rotatable bonds is 3. The summed E-state index contributed by atoms with van der Waals surface area (Å²) in [5.74, 6) is 0. The molecule has 2 rings (SSSR count). The van der Waals surface area contributed by atoms with E-state index in [1.165, 1.54) is 10.9 Å². The van der Waals surface area contributed by atoms with Gasteiger partial charge in [-0.25, -0.2) is 4.68 Å². The van der Waals surface area contributed by atoms with Gasteiger partial charge in [-0.3, -0.25) is 0 Å². The number of alkyl halides is 3. The van der Waals surface area contributed by atoms with Crippen molar-refractivity contribution < 1.29 is 13.2 Å². The average molecular weight is 255 g/mol. The lowest BCUT2D eigenvalue weighted by molar-refractivity contribution is -0.141. The molecule has 1 aromatic heterocycles. The van der Waals surface area contributed by atoms with E-state index in [0.29, 0.717) is 12.2 Å². The Morgan fingerprint density at radius 3 is 2.33 bits per heavy atom. The van der Waals surface area contributed by atoms with Gasteiger partial charge in [0.1, 0.15) is 0 Å². The first-order chi connectivity index (χ1) is 8.50. The Bertz CT molecular complexity index is 514. The molecule has 0 radical (unpaired) electrons. The Kier molecular flexibility index (Phi) is 3.38. The van der Waals surface area contributed by atoms with Crippen molar-refractivity contribution in [2.75, 3.05) is 7.05 Å². The topological polar surface area (TPSA) is 29.9 Å². The van der Waals surface area contributed by atoms with Crippen LogP contribution in [-0.2, 0) is 12.7 Å². The van der Waals surface area contributed by atoms with E-state index in [0.717, 1.165) is 11.6 Å². The van der Waals surface area contributed by atoms with Crippen LogP contribution in [0.5, 0.6) is 0 Å². The van der Waals surface area contributed by atoms with Crippen LogP contribution >= 0.6 is 0 Å². The third kappa shape index (κ3) is 2.70. The molecule has 6 heteroatoms. The molecule has 0 aliphatic rings. The average Bonchev–Trinajstić information content (AvgIpc) is 2.79. The van der Waals surface area contributed by atoms with E-state index < -0.39 is 11.9 Å². The van der Waals surface area contributed by atoms with Crippen molar-refractivity contribution in [3.05, 3.63) is 47.8 Å². The molecule has 0 amide bonds. The predicted octanol–water partition coefficient (Wildman–Crippen LogP) is 2.61. The Hall–Kier alpha value is -1.82. The summed E-state index contributed by atoms with van der Waals surface area (Å²) in [5.41, 5.74) is 0.775. The number of hydrogen-bond acceptors (Lipinski definition) is 2. The summed E-state index contributed by atoms with van der Waals surface area (Å²) in [6, 6.07) is 8.13. The molecule has 1 aromatic carbocycles. The molecule has 0 saturated heterocycles. The molecule has 0 saturated carbocycles. The number of halogens is 3. The number of hydrogen-bond donors (Lipinski definition) is 1. The lowest BCUT2D eigenvalue weighted by Gasteiger charge is -2.04. The molecule has 0 fully saturated rings. The summed E-state index contributed by atoms with van der Waals surface area (Å²) < 4.78 is 38.4. The normalized spacial score (nSPS) is 11.8. The van der Waals surface area contributed by atoms with Crippen LogP contribution in [0.15, 0.2) is 36.5 Å². The van der Waals surface area contributed by atoms with Crippen LogP contribution in [0.25, 0.3) is 5.69 Å². The third-order valence-electron chi connectivity index (χ3n) is 2.46. The molecule has 0 unspecified atom stereocenters. The number of nitrogens with one attached hydrogen (secondary N) is 1. The van der Waals surface area contributed by atoms with Crippen molar-refractivity contribution in [3.8, 4) is 5.69 Å². The van der Waals surface area contributed by atoms with Gasteiger partial charge in [-0.05, 0) is 30.8 Å². The van der Waals surface area contributed by atoms with Gasteiger partial charge in [0.25, 0.3) is 0 Å². The van der Waals surface area contributed by atoms with Gasteiger partial charge >= 0.3 is 6.18 Å². The van der Waals surface area contributed by atoms with E-state index >= 15 is 0 Å². The Labute approximate surface area is 102 Å². The summed E-state index contributed by atoms with van der Waals surface area (Å²) in [6.45, 7) is 0.715. The molecule has 0 bridgehead atoms. The van der Waals surface area contributed by atoms with Gasteiger partial charge in [0.05, 0.1) is 5.69 Å². The lowest BCUT2D eigenvalue weighted by atomic mass is 10.2. The number of benzene rings is 1. The molecule has 3 nitrogen and oxygen atoms in total. The Morgan fingerprint density at radius 1 is 1.17 bits per heavy atom. The fraction of sp³-hybridized carbons (Fsp3) is 0.250. The fourth-order valence-electron chi connectivity index (χ4n) is 1.59. The highest BCUT2D eigenvalue weighted by Crippen LogP contribution is 2.27. The SMILES string of the molecule is CNCc1ccc(-n2ccc(C(F)(F)F)n2)cc1. The van der Waals surface area contributed by atoms with Crippen molar-refractivity contribution in [2.24, 2.45) is 0 Å². The van der Waals surface area contributed by atoms with Crippen molar-refractivity contribution >= 4 is 0 Å². The summed E-state index contributed by atoms with van der Waals surface area (Å²) in [7, 11) is 1.83. The Morgan fingerprint density at radius 2 is 1.83 bits per heavy atom. The van der Waals surface area contributed by atoms with Crippen molar-refractivity contribution in [1.82, 2.24) is 15.1 Å². The van der Waals surface area contributed by atoms with Gasteiger partial charge in [0.2, 0.25) is 0 Å². The van der Waals surface area contributed by atoms with Gasteiger partial charge in [0.15, 0.2) is 5.69 Å². The molecule has 0 aliphatic heterocycles. The van der Waals surface area contributed by atoms with Gasteiger partial charge in [-0.2, -0.15) is 18.3 Å². The van der Waals surface area contributed by atoms with Gasteiger partial charge < -0.3 is 5.32 Å². The largest absolute Gasteiger partial charge is 0.435 e. The van der Waals surface area contributed by atoms with Crippen LogP contribution in [0.2, 0.25) is 0 Å². The summed E-state index contributed by atoms with van der Waals surface area (Å²) >= 11 is 0. The van der Waals surface area contributed by atoms with Gasteiger partial charge in [0, 0.05) is 12.7 Å². The summed E-state index contributed by atoms with van der Waals surface area (Å²) in [5, 5.41) is 6.50. The van der Waals surface area contributed by atoms with Crippen LogP contribution in [-0.4, -0.2) is 16.8 Å². The first-order valence-corrected chi connectivity index (χ1v) is 5.37. The van der Waals surface area contributed by atoms with Crippen LogP contribution in [0.3, 0.4) is 0 Å². The van der Waals surface area contributed by atoms with Crippen LogP contribution in [0, 0.1) is 0 Å². The molecule has 0 aliphatic carbocycles. The van der Waals surface area contributed by atoms with E-state index in [4.69, 9.17) is 0 Å². The number of nitrogens with zero attached hydrogens (tertiary/aromatic N) is 2. The van der Waals surface area contributed by atoms with Crippen LogP contribution < -0.4 is 5.32 Å². The summed E-state index contributed by atoms with van der Waals surface area (Å²) in [4.78, 5) is 0. The second-order valence-corrected chi connectivity index (χ2v) is 3.84. The zero-order valence-electron chi connectivity index (χ0n) is 9.70. The quantitative estimate of drug-likeness (QED) is 0.913. The molecule has 0 atom stereocenters. The van der Waals surface area contributed by atoms with Crippen LogP contribution in [0.4, 0.5) is 13.2 Å². The van der Waals surface area contributed by atoms with E-state index in [1.807, 2.05) is 19.2 Å². The first kappa shape index (κ1) is 12.6. The first-order valence-electron chi connectivity index (χ1n) is 5.37. The standard InChI is InChI=1S/C12H12F3N3/c1-16-8-9-2-4-10(5-3-9)18-7-6-11(17-18)12(13,14)15/h2-7,16H,8H2,1H3. The molecule has 1 heterocycles. The van der Waals surface area contributed by atoms with E-state index in [1.54, 1.807) is 12.1 Å². The van der Waals surface area contributed by atoms with Crippen LogP contribution in [0.1, 0.15) is 11.3 Å². The zero-order valence-corrected chi connectivity index (χ0v) is 9.70. The Balaban J connectivity index is 2.23. The second kappa shape index (κ2) is 4.81. The minimum Gasteiger partial charge on any atom is -0.316 e. The van der Waals surface area contributed by atoms with Crippen molar-refractivity contribution in [2.45, 2.75) is 12.7 Å². The highest BCUT2D eigenvalue weighted by Gasteiger charge is 2.33. The van der Waals surface area contributed by atoms with E-state index in [-0.39, 0.29) is 0 Å². The lowest BCUT2D eigenvalue weighted by Crippen LogP contribution is -2.07. The predicted molar refractivity (Wildman–Crippen MR) is 61.3 cm³/mol. The maximum atomic E-state index is 12.4. The summed E-state index contributed by atoms with van der Waals surface area (Å²) in [6.07, 6.45) is -3.10. The van der Waals surface area contributed by atoms with Crippen molar-refractivity contribution in [1.29, 1.82) is 0 Å². The minimum absolute atomic E-state index is 0.602. The molecule has 96 valence electrons. The third-order valence-corrected chi connectivity index (χ3v) is 2.46.